The minimum atomic E-state index is -0.359. The highest BCUT2D eigenvalue weighted by Crippen LogP contribution is 2.29. The summed E-state index contributed by atoms with van der Waals surface area (Å²) in [6, 6.07) is 13.3. The predicted molar refractivity (Wildman–Crippen MR) is 84.2 cm³/mol. The van der Waals surface area contributed by atoms with Crippen molar-refractivity contribution in [1.29, 1.82) is 0 Å². The lowest BCUT2D eigenvalue weighted by Crippen LogP contribution is -2.04. The molecule has 0 aliphatic heterocycles. The molecular weight excluding hydrogens is 276 g/mol. The van der Waals surface area contributed by atoms with Gasteiger partial charge in [0, 0.05) is 24.8 Å². The number of esters is 1. The third kappa shape index (κ3) is 2.72. The number of ether oxygens (including phenoxy) is 1. The zero-order valence-corrected chi connectivity index (χ0v) is 12.1. The molecule has 0 saturated heterocycles. The number of methoxy groups -OCH3 is 1. The fraction of sp³-hybridized carbons (Fsp3) is 0.0556. The fourth-order valence-electron chi connectivity index (χ4n) is 2.33. The molecular formula is C18H14N2O2. The van der Waals surface area contributed by atoms with Crippen molar-refractivity contribution in [3.8, 4) is 22.3 Å². The highest BCUT2D eigenvalue weighted by atomic mass is 16.5. The van der Waals surface area contributed by atoms with Crippen LogP contribution in [0.2, 0.25) is 0 Å². The molecule has 3 aromatic rings. The Kier molecular flexibility index (Phi) is 3.92. The van der Waals surface area contributed by atoms with E-state index in [1.165, 1.54) is 7.11 Å². The highest BCUT2D eigenvalue weighted by molar-refractivity contribution is 5.98. The van der Waals surface area contributed by atoms with Crippen molar-refractivity contribution >= 4 is 5.97 Å². The molecule has 0 radical (unpaired) electrons. The molecule has 4 heteroatoms. The standard InChI is InChI=1S/C18H14N2O2/c1-22-18(21)17-12-15(13-4-8-19-9-5-13)2-3-16(17)14-6-10-20-11-7-14/h2-12H,1H3. The van der Waals surface area contributed by atoms with Gasteiger partial charge in [0.05, 0.1) is 12.7 Å². The van der Waals surface area contributed by atoms with Crippen LogP contribution in [0.15, 0.2) is 67.3 Å². The molecule has 0 amide bonds. The minimum Gasteiger partial charge on any atom is -0.465 e. The van der Waals surface area contributed by atoms with Crippen LogP contribution in [0.3, 0.4) is 0 Å². The quantitative estimate of drug-likeness (QED) is 0.692. The van der Waals surface area contributed by atoms with E-state index < -0.39 is 0 Å². The number of hydrogen-bond acceptors (Lipinski definition) is 4. The lowest BCUT2D eigenvalue weighted by atomic mass is 9.96. The van der Waals surface area contributed by atoms with Crippen LogP contribution in [0.25, 0.3) is 22.3 Å². The van der Waals surface area contributed by atoms with Gasteiger partial charge < -0.3 is 4.74 Å². The molecule has 0 bridgehead atoms. The summed E-state index contributed by atoms with van der Waals surface area (Å²) in [5, 5.41) is 0. The van der Waals surface area contributed by atoms with Gasteiger partial charge in [0.2, 0.25) is 0 Å². The molecule has 0 aliphatic carbocycles. The van der Waals surface area contributed by atoms with Crippen molar-refractivity contribution in [3.05, 3.63) is 72.8 Å². The average molecular weight is 290 g/mol. The van der Waals surface area contributed by atoms with Gasteiger partial charge in [-0.05, 0) is 52.6 Å². The van der Waals surface area contributed by atoms with Crippen LogP contribution in [-0.2, 0) is 4.74 Å². The highest BCUT2D eigenvalue weighted by Gasteiger charge is 2.14. The molecule has 3 rings (SSSR count). The molecule has 0 unspecified atom stereocenters. The first-order valence-corrected chi connectivity index (χ1v) is 6.83. The maximum atomic E-state index is 12.1. The molecule has 108 valence electrons. The van der Waals surface area contributed by atoms with Gasteiger partial charge in [0.15, 0.2) is 0 Å². The third-order valence-corrected chi connectivity index (χ3v) is 3.43. The lowest BCUT2D eigenvalue weighted by Gasteiger charge is -2.10. The molecule has 0 atom stereocenters. The summed E-state index contributed by atoms with van der Waals surface area (Å²) in [7, 11) is 1.39. The first-order chi connectivity index (χ1) is 10.8. The molecule has 0 spiro atoms. The molecule has 1 aromatic carbocycles. The number of nitrogens with zero attached hydrogens (tertiary/aromatic N) is 2. The monoisotopic (exact) mass is 290 g/mol. The molecule has 0 N–H and O–H groups in total. The van der Waals surface area contributed by atoms with Crippen molar-refractivity contribution in [2.45, 2.75) is 0 Å². The number of benzene rings is 1. The molecule has 2 aromatic heterocycles. The summed E-state index contributed by atoms with van der Waals surface area (Å²) in [6.07, 6.45) is 6.86. The average Bonchev–Trinajstić information content (AvgIpc) is 2.62. The Morgan fingerprint density at radius 3 is 2.00 bits per heavy atom. The maximum Gasteiger partial charge on any atom is 0.338 e. The van der Waals surface area contributed by atoms with Gasteiger partial charge in [0.1, 0.15) is 0 Å². The molecule has 0 saturated carbocycles. The van der Waals surface area contributed by atoms with Gasteiger partial charge in [-0.2, -0.15) is 0 Å². The number of aromatic nitrogens is 2. The van der Waals surface area contributed by atoms with Crippen molar-refractivity contribution < 1.29 is 9.53 Å². The summed E-state index contributed by atoms with van der Waals surface area (Å²) in [5.41, 5.74) is 4.23. The van der Waals surface area contributed by atoms with E-state index in [2.05, 4.69) is 9.97 Å². The van der Waals surface area contributed by atoms with Crippen LogP contribution >= 0.6 is 0 Å². The van der Waals surface area contributed by atoms with E-state index in [1.807, 2.05) is 42.5 Å². The maximum absolute atomic E-state index is 12.1. The first kappa shape index (κ1) is 13.9. The summed E-state index contributed by atoms with van der Waals surface area (Å²) in [5.74, 6) is -0.359. The zero-order valence-electron chi connectivity index (χ0n) is 12.1. The fourth-order valence-corrected chi connectivity index (χ4v) is 2.33. The Morgan fingerprint density at radius 2 is 1.41 bits per heavy atom. The molecule has 2 heterocycles. The van der Waals surface area contributed by atoms with Gasteiger partial charge in [-0.3, -0.25) is 9.97 Å². The molecule has 22 heavy (non-hydrogen) atoms. The van der Waals surface area contributed by atoms with Gasteiger partial charge in [-0.1, -0.05) is 12.1 Å². The van der Waals surface area contributed by atoms with Crippen LogP contribution < -0.4 is 0 Å². The van der Waals surface area contributed by atoms with E-state index in [0.29, 0.717) is 5.56 Å². The van der Waals surface area contributed by atoms with E-state index in [4.69, 9.17) is 4.74 Å². The Labute approximate surface area is 128 Å². The van der Waals surface area contributed by atoms with Crippen molar-refractivity contribution in [2.75, 3.05) is 7.11 Å². The first-order valence-electron chi connectivity index (χ1n) is 6.83. The van der Waals surface area contributed by atoms with E-state index >= 15 is 0 Å². The number of hydrogen-bond donors (Lipinski definition) is 0. The van der Waals surface area contributed by atoms with Crippen LogP contribution in [0.5, 0.6) is 0 Å². The number of pyridine rings is 2. The molecule has 4 nitrogen and oxygen atoms in total. The normalized spacial score (nSPS) is 10.2. The third-order valence-electron chi connectivity index (χ3n) is 3.43. The summed E-state index contributed by atoms with van der Waals surface area (Å²) < 4.78 is 4.92. The SMILES string of the molecule is COC(=O)c1cc(-c2ccncc2)ccc1-c1ccncc1. The second-order valence-corrected chi connectivity index (χ2v) is 4.72. The van der Waals surface area contributed by atoms with E-state index in [-0.39, 0.29) is 5.97 Å². The van der Waals surface area contributed by atoms with Crippen molar-refractivity contribution in [1.82, 2.24) is 9.97 Å². The Balaban J connectivity index is 2.14. The van der Waals surface area contributed by atoms with E-state index in [9.17, 15) is 4.79 Å². The molecule has 0 fully saturated rings. The van der Waals surface area contributed by atoms with Crippen LogP contribution in [0.1, 0.15) is 10.4 Å². The number of carbonyl (C=O) groups excluding carboxylic acids is 1. The van der Waals surface area contributed by atoms with Crippen LogP contribution in [0, 0.1) is 0 Å². The zero-order chi connectivity index (χ0) is 15.4. The summed E-state index contributed by atoms with van der Waals surface area (Å²) >= 11 is 0. The summed E-state index contributed by atoms with van der Waals surface area (Å²) in [4.78, 5) is 20.2. The van der Waals surface area contributed by atoms with Crippen molar-refractivity contribution in [3.63, 3.8) is 0 Å². The van der Waals surface area contributed by atoms with Crippen LogP contribution in [-0.4, -0.2) is 23.0 Å². The van der Waals surface area contributed by atoms with E-state index in [0.717, 1.165) is 22.3 Å². The predicted octanol–water partition coefficient (Wildman–Crippen LogP) is 3.60. The Hall–Kier alpha value is -3.01. The van der Waals surface area contributed by atoms with Crippen LogP contribution in [0.4, 0.5) is 0 Å². The topological polar surface area (TPSA) is 52.1 Å². The number of carbonyl (C=O) groups is 1. The molecule has 0 aliphatic rings. The summed E-state index contributed by atoms with van der Waals surface area (Å²) in [6.45, 7) is 0. The Morgan fingerprint density at radius 1 is 0.818 bits per heavy atom. The van der Waals surface area contributed by atoms with Gasteiger partial charge in [0.25, 0.3) is 0 Å². The largest absolute Gasteiger partial charge is 0.465 e. The number of rotatable bonds is 3. The second kappa shape index (κ2) is 6.18. The van der Waals surface area contributed by atoms with Crippen molar-refractivity contribution in [2.24, 2.45) is 0 Å². The smallest absolute Gasteiger partial charge is 0.338 e. The van der Waals surface area contributed by atoms with Gasteiger partial charge >= 0.3 is 5.97 Å². The van der Waals surface area contributed by atoms with Gasteiger partial charge in [-0.15, -0.1) is 0 Å². The second-order valence-electron chi connectivity index (χ2n) is 4.72. The minimum absolute atomic E-state index is 0.359. The Bertz CT molecular complexity index is 787. The van der Waals surface area contributed by atoms with Gasteiger partial charge in [-0.25, -0.2) is 4.79 Å². The lowest BCUT2D eigenvalue weighted by molar-refractivity contribution is 0.0601. The van der Waals surface area contributed by atoms with E-state index in [1.54, 1.807) is 24.8 Å².